The maximum absolute atomic E-state index is 12.7. The lowest BCUT2D eigenvalue weighted by Crippen LogP contribution is -2.67. The third kappa shape index (κ3) is 10.5. The van der Waals surface area contributed by atoms with E-state index in [4.69, 9.17) is 37.9 Å². The van der Waals surface area contributed by atoms with Crippen LogP contribution in [0.4, 0.5) is 0 Å². The van der Waals surface area contributed by atoms with E-state index in [0.29, 0.717) is 25.7 Å². The molecule has 0 bridgehead atoms. The summed E-state index contributed by atoms with van der Waals surface area (Å²) in [6.07, 6.45) is -18.1. The van der Waals surface area contributed by atoms with Crippen LogP contribution in [0.5, 0.6) is 0 Å². The van der Waals surface area contributed by atoms with Crippen molar-refractivity contribution >= 4 is 0 Å². The Morgan fingerprint density at radius 2 is 1.20 bits per heavy atom. The van der Waals surface area contributed by atoms with E-state index in [9.17, 15) is 66.4 Å². The van der Waals surface area contributed by atoms with Crippen LogP contribution in [0.25, 0.3) is 0 Å². The minimum absolute atomic E-state index is 0.111. The van der Waals surface area contributed by atoms with Crippen molar-refractivity contribution in [3.63, 3.8) is 0 Å². The van der Waals surface area contributed by atoms with Crippen molar-refractivity contribution in [1.29, 1.82) is 0 Å². The minimum Gasteiger partial charge on any atom is -0.394 e. The van der Waals surface area contributed by atoms with Gasteiger partial charge in [-0.3, -0.25) is 0 Å². The summed E-state index contributed by atoms with van der Waals surface area (Å²) in [5.74, 6) is 0.0712. The molecule has 0 unspecified atom stereocenters. The molecule has 21 nitrogen and oxygen atoms in total. The molecule has 4 aliphatic heterocycles. The van der Waals surface area contributed by atoms with E-state index in [0.717, 1.165) is 37.7 Å². The predicted octanol–water partition coefficient (Wildman–Crippen LogP) is -0.882. The van der Waals surface area contributed by atoms with Crippen LogP contribution in [0.2, 0.25) is 0 Å². The fraction of sp³-hybridized carbons (Fsp3) is 0.962. The van der Waals surface area contributed by atoms with E-state index in [1.807, 2.05) is 13.8 Å². The molecule has 4 heterocycles. The first-order chi connectivity index (χ1) is 34.6. The van der Waals surface area contributed by atoms with Crippen molar-refractivity contribution in [3.8, 4) is 0 Å². The van der Waals surface area contributed by atoms with Crippen molar-refractivity contribution in [2.75, 3.05) is 33.0 Å². The average molecular weight is 1060 g/mol. The molecule has 0 radical (unpaired) electrons. The van der Waals surface area contributed by atoms with Gasteiger partial charge in [-0.15, -0.1) is 0 Å². The number of hydrogen-bond donors (Lipinski definition) is 13. The molecule has 13 N–H and O–H groups in total. The van der Waals surface area contributed by atoms with Gasteiger partial charge < -0.3 is 104 Å². The standard InChI is InChI=1S/C53H90O21/c1-24(2)10-9-14-53(8,70-23-31-39(60)41(62)38(59)29(71-31)21-68-46-44(65)40(61)30(22-69-46)73-47-43(64)36(57)27(56)20-67-47)25-11-16-52(7)35(25)26(55)18-33-50(5)15-13-34(49(3,4)32(50)12-17-51(33,52)6)74-48-45(66)42(63)37(58)28(19-54)72-48/h10,25-48,54-66H,9,11-23H2,1-8H3/t25-,26+,27+,28+,29+,30+,31-,32+,33+,34-,35-,36-,37+,38+,39-,40-,41-,42-,43+,44+,45+,46+,47-,48-,50-,51+,52+,53-/m0/s1. The number of fused-ring (bicyclic) bond motifs is 5. The summed E-state index contributed by atoms with van der Waals surface area (Å²) in [7, 11) is 0. The van der Waals surface area contributed by atoms with Gasteiger partial charge in [0.15, 0.2) is 18.9 Å². The molecule has 8 aliphatic rings. The average Bonchev–Trinajstić information content (AvgIpc) is 3.74. The van der Waals surface area contributed by atoms with Crippen molar-refractivity contribution in [1.82, 2.24) is 0 Å². The quantitative estimate of drug-likeness (QED) is 0.0699. The molecule has 0 amide bonds. The molecule has 8 rings (SSSR count). The predicted molar refractivity (Wildman–Crippen MR) is 259 cm³/mol. The zero-order valence-electron chi connectivity index (χ0n) is 44.4. The zero-order chi connectivity index (χ0) is 54.2. The first-order valence-corrected chi connectivity index (χ1v) is 27.2. The van der Waals surface area contributed by atoms with E-state index < -0.39 is 141 Å². The van der Waals surface area contributed by atoms with Gasteiger partial charge in [0.1, 0.15) is 91.6 Å². The van der Waals surface area contributed by atoms with Crippen LogP contribution in [0.3, 0.4) is 0 Å². The van der Waals surface area contributed by atoms with E-state index in [1.54, 1.807) is 0 Å². The topological polar surface area (TPSA) is 337 Å². The fourth-order valence-electron chi connectivity index (χ4n) is 15.9. The first-order valence-electron chi connectivity index (χ1n) is 27.2. The Morgan fingerprint density at radius 1 is 0.595 bits per heavy atom. The lowest BCUT2D eigenvalue weighted by Gasteiger charge is -2.71. The van der Waals surface area contributed by atoms with Gasteiger partial charge in [-0.25, -0.2) is 0 Å². The molecule has 74 heavy (non-hydrogen) atoms. The van der Waals surface area contributed by atoms with E-state index in [1.165, 1.54) is 0 Å². The number of hydrogen-bond acceptors (Lipinski definition) is 21. The molecule has 0 aromatic rings. The summed E-state index contributed by atoms with van der Waals surface area (Å²) < 4.78 is 47.8. The third-order valence-electron chi connectivity index (χ3n) is 20.5. The second-order valence-corrected chi connectivity index (χ2v) is 25.2. The fourth-order valence-corrected chi connectivity index (χ4v) is 15.9. The highest BCUT2D eigenvalue weighted by atomic mass is 16.7. The monoisotopic (exact) mass is 1060 g/mol. The molecular formula is C53H90O21. The number of aliphatic hydroxyl groups excluding tert-OH is 13. The van der Waals surface area contributed by atoms with Crippen LogP contribution in [0.15, 0.2) is 11.6 Å². The Kier molecular flexibility index (Phi) is 17.9. The van der Waals surface area contributed by atoms with Gasteiger partial charge in [0.2, 0.25) is 0 Å². The highest BCUT2D eigenvalue weighted by Gasteiger charge is 2.72. The van der Waals surface area contributed by atoms with Crippen molar-refractivity contribution in [3.05, 3.63) is 11.6 Å². The Balaban J connectivity index is 0.938. The third-order valence-corrected chi connectivity index (χ3v) is 20.5. The van der Waals surface area contributed by atoms with Crippen LogP contribution >= 0.6 is 0 Å². The molecule has 4 saturated heterocycles. The van der Waals surface area contributed by atoms with E-state index in [2.05, 4.69) is 47.6 Å². The van der Waals surface area contributed by atoms with Gasteiger partial charge in [-0.2, -0.15) is 0 Å². The van der Waals surface area contributed by atoms with Gasteiger partial charge in [0, 0.05) is 0 Å². The van der Waals surface area contributed by atoms with E-state index in [-0.39, 0.29) is 65.8 Å². The molecule has 4 aliphatic carbocycles. The van der Waals surface area contributed by atoms with E-state index >= 15 is 0 Å². The van der Waals surface area contributed by atoms with Crippen LogP contribution in [-0.2, 0) is 37.9 Å². The Morgan fingerprint density at radius 3 is 1.88 bits per heavy atom. The van der Waals surface area contributed by atoms with Crippen molar-refractivity contribution in [2.45, 2.75) is 241 Å². The first kappa shape index (κ1) is 59.0. The van der Waals surface area contributed by atoms with Crippen molar-refractivity contribution in [2.24, 2.45) is 45.3 Å². The molecule has 0 aromatic carbocycles. The van der Waals surface area contributed by atoms with Gasteiger partial charge in [-0.1, -0.05) is 46.3 Å². The lowest BCUT2D eigenvalue weighted by molar-refractivity contribution is -0.333. The highest BCUT2D eigenvalue weighted by Crippen LogP contribution is 2.76. The normalized spacial score (nSPS) is 52.3. The van der Waals surface area contributed by atoms with Gasteiger partial charge in [0.05, 0.1) is 50.8 Å². The molecule has 0 aromatic heterocycles. The van der Waals surface area contributed by atoms with Gasteiger partial charge in [-0.05, 0) is 124 Å². The van der Waals surface area contributed by atoms with Crippen molar-refractivity contribution < 1.29 is 104 Å². The summed E-state index contributed by atoms with van der Waals surface area (Å²) in [6, 6.07) is 0. The van der Waals surface area contributed by atoms with Gasteiger partial charge in [0.25, 0.3) is 0 Å². The largest absolute Gasteiger partial charge is 0.394 e. The number of allylic oxidation sites excluding steroid dienone is 2. The SMILES string of the molecule is CC(C)=CCC[C@](C)(OC[C@@H]1O[C@H](CO[C@@H]2OC[C@@H](O[C@@H]3OC[C@@H](O)[C@H](O)[C@H]3O)[C@H](O)[C@H]2O)[C@@H](O)[C@H](O)[C@H]1O)[C@H]1CC[C@]2(C)[C@@H]1[C@H](O)C[C@@H]1[C@@]3(C)CC[C@H](O[C@@H]4O[C@H](CO)[C@@H](O)[C@H](O)[C@H]4O)C(C)(C)[C@H]3CC[C@]12C. The number of aliphatic hydroxyl groups is 13. The lowest BCUT2D eigenvalue weighted by atomic mass is 9.35. The number of ether oxygens (including phenoxy) is 8. The van der Waals surface area contributed by atoms with Crippen LogP contribution in [0, 0.1) is 45.3 Å². The van der Waals surface area contributed by atoms with Crippen LogP contribution in [0.1, 0.15) is 113 Å². The Labute approximate surface area is 434 Å². The smallest absolute Gasteiger partial charge is 0.186 e. The number of rotatable bonds is 15. The second kappa shape index (κ2) is 22.4. The molecule has 28 atom stereocenters. The minimum atomic E-state index is -1.70. The molecule has 4 saturated carbocycles. The second-order valence-electron chi connectivity index (χ2n) is 25.2. The Bertz CT molecular complexity index is 1910. The molecule has 21 heteroatoms. The summed E-state index contributed by atoms with van der Waals surface area (Å²) in [5.41, 5.74) is -0.767. The zero-order valence-corrected chi connectivity index (χ0v) is 44.4. The Hall–Kier alpha value is -1.10. The molecular weight excluding hydrogens is 973 g/mol. The molecule has 428 valence electrons. The molecule has 8 fully saturated rings. The van der Waals surface area contributed by atoms with Crippen LogP contribution in [-0.4, -0.2) is 228 Å². The summed E-state index contributed by atoms with van der Waals surface area (Å²) in [4.78, 5) is 0. The molecule has 0 spiro atoms. The maximum atomic E-state index is 12.7. The summed E-state index contributed by atoms with van der Waals surface area (Å²) >= 11 is 0. The highest BCUT2D eigenvalue weighted by molar-refractivity contribution is 5.20. The summed E-state index contributed by atoms with van der Waals surface area (Å²) in [5, 5.41) is 140. The van der Waals surface area contributed by atoms with Gasteiger partial charge >= 0.3 is 0 Å². The summed E-state index contributed by atoms with van der Waals surface area (Å²) in [6.45, 7) is 15.8. The maximum Gasteiger partial charge on any atom is 0.186 e. The van der Waals surface area contributed by atoms with Crippen LogP contribution < -0.4 is 0 Å².